The largest absolute Gasteiger partial charge is 0.458 e. The zero-order chi connectivity index (χ0) is 56.7. The van der Waals surface area contributed by atoms with Crippen LogP contribution in [0.4, 0.5) is 34.1 Å². The molecule has 10 heteroatoms. The second-order valence-corrected chi connectivity index (χ2v) is 22.2. The normalized spacial score (nSPS) is 17.5. The first-order valence-corrected chi connectivity index (χ1v) is 28.4. The molecule has 0 saturated heterocycles. The van der Waals surface area contributed by atoms with Gasteiger partial charge in [0.15, 0.2) is 0 Å². The van der Waals surface area contributed by atoms with Gasteiger partial charge in [-0.15, -0.1) is 0 Å². The van der Waals surface area contributed by atoms with Crippen molar-refractivity contribution < 1.29 is 38.1 Å². The Bertz CT molecular complexity index is 4060. The van der Waals surface area contributed by atoms with Gasteiger partial charge in [-0.05, 0) is 176 Å². The minimum Gasteiger partial charge on any atom is -0.458 e. The maximum Gasteiger partial charge on any atom is 0.303 e. The van der Waals surface area contributed by atoms with Gasteiger partial charge in [0.25, 0.3) is 0 Å². The van der Waals surface area contributed by atoms with Crippen LogP contribution in [0.3, 0.4) is 0 Å². The van der Waals surface area contributed by atoms with Gasteiger partial charge in [0.2, 0.25) is 0 Å². The van der Waals surface area contributed by atoms with Gasteiger partial charge in [0.1, 0.15) is 24.4 Å². The van der Waals surface area contributed by atoms with Crippen LogP contribution in [-0.2, 0) is 43.5 Å². The van der Waals surface area contributed by atoms with E-state index < -0.39 is 29.8 Å². The lowest BCUT2D eigenvalue weighted by Gasteiger charge is -2.35. The SMILES string of the molecule is CC(=O)OC1CCC(OC(C)=O)c2cc(N(c3ccc4c(c3)C3(c5ccccc5-c5ccccc53)c3cc(N(c5ccc6c(c5)C(OC(C)=O)CCC6OC(C)=O)c5ccc6ccccc6c5)ccc3-4)c3ccc4ccccc4c3)ccc21. The van der Waals surface area contributed by atoms with Gasteiger partial charge in [-0.1, -0.05) is 133 Å². The van der Waals surface area contributed by atoms with Crippen LogP contribution in [0.2, 0.25) is 0 Å². The van der Waals surface area contributed by atoms with Crippen molar-refractivity contribution in [2.75, 3.05) is 9.80 Å². The highest BCUT2D eigenvalue weighted by atomic mass is 16.6. The Balaban J connectivity index is 0.992. The molecule has 1 spiro atoms. The van der Waals surface area contributed by atoms with E-state index in [9.17, 15) is 19.2 Å². The average Bonchev–Trinajstić information content (AvgIpc) is 1.57. The minimum atomic E-state index is -0.797. The zero-order valence-corrected chi connectivity index (χ0v) is 46.4. The number of hydrogen-bond donors (Lipinski definition) is 0. The smallest absolute Gasteiger partial charge is 0.303 e. The number of anilines is 6. The molecule has 4 aliphatic carbocycles. The fourth-order valence-corrected chi connectivity index (χ4v) is 14.0. The van der Waals surface area contributed by atoms with E-state index in [1.165, 1.54) is 38.8 Å². The number of ether oxygens (including phenoxy) is 4. The Labute approximate surface area is 481 Å². The van der Waals surface area contributed by atoms with Gasteiger partial charge in [-0.25, -0.2) is 0 Å². The van der Waals surface area contributed by atoms with Gasteiger partial charge >= 0.3 is 23.9 Å². The third kappa shape index (κ3) is 8.70. The van der Waals surface area contributed by atoms with Gasteiger partial charge in [0, 0.05) is 72.9 Å². The molecule has 408 valence electrons. The third-order valence-electron chi connectivity index (χ3n) is 17.2. The Morgan fingerprint density at radius 1 is 0.313 bits per heavy atom. The van der Waals surface area contributed by atoms with E-state index >= 15 is 0 Å². The van der Waals surface area contributed by atoms with E-state index in [2.05, 4.69) is 204 Å². The molecule has 4 unspecified atom stereocenters. The van der Waals surface area contributed by atoms with Gasteiger partial charge < -0.3 is 28.7 Å². The third-order valence-corrected chi connectivity index (χ3v) is 17.2. The molecule has 10 nitrogen and oxygen atoms in total. The van der Waals surface area contributed by atoms with Gasteiger partial charge in [-0.2, -0.15) is 0 Å². The summed E-state index contributed by atoms with van der Waals surface area (Å²) in [5.74, 6) is -1.49. The zero-order valence-electron chi connectivity index (χ0n) is 46.4. The second kappa shape index (κ2) is 20.3. The molecule has 10 aromatic rings. The van der Waals surface area contributed by atoms with Crippen LogP contribution in [0.5, 0.6) is 0 Å². The number of carbonyl (C=O) groups is 4. The van der Waals surface area contributed by atoms with E-state index in [0.717, 1.165) is 111 Å². The fraction of sp³-hybridized carbons (Fsp3) is 0.178. The number of rotatable bonds is 10. The molecule has 0 N–H and O–H groups in total. The summed E-state index contributed by atoms with van der Waals surface area (Å²) < 4.78 is 23.8. The molecule has 0 heterocycles. The molecule has 0 aliphatic heterocycles. The molecule has 0 bridgehead atoms. The van der Waals surface area contributed by atoms with Crippen LogP contribution in [0.1, 0.15) is 122 Å². The maximum atomic E-state index is 12.7. The molecular weight excluding hydrogens is 1030 g/mol. The summed E-state index contributed by atoms with van der Waals surface area (Å²) in [6.45, 7) is 5.73. The first kappa shape index (κ1) is 51.4. The van der Waals surface area contributed by atoms with Crippen LogP contribution in [0.25, 0.3) is 43.8 Å². The molecule has 0 fully saturated rings. The van der Waals surface area contributed by atoms with E-state index in [1.54, 1.807) is 0 Å². The number of fused-ring (bicyclic) bond motifs is 14. The summed E-state index contributed by atoms with van der Waals surface area (Å²) in [5, 5.41) is 4.39. The summed E-state index contributed by atoms with van der Waals surface area (Å²) in [6, 6.07) is 73.5. The van der Waals surface area contributed by atoms with E-state index in [4.69, 9.17) is 18.9 Å². The summed E-state index contributed by atoms with van der Waals surface area (Å²) in [6.07, 6.45) is 0.0248. The van der Waals surface area contributed by atoms with Crippen molar-refractivity contribution in [3.05, 3.63) is 251 Å². The molecule has 0 saturated carbocycles. The lowest BCUT2D eigenvalue weighted by Crippen LogP contribution is -2.26. The number of benzene rings is 10. The van der Waals surface area contributed by atoms with Crippen molar-refractivity contribution >= 4 is 79.5 Å². The first-order chi connectivity index (χ1) is 40.4. The Morgan fingerprint density at radius 3 is 1.01 bits per heavy atom. The topological polar surface area (TPSA) is 112 Å². The van der Waals surface area contributed by atoms with E-state index in [-0.39, 0.29) is 23.9 Å². The quantitative estimate of drug-likeness (QED) is 0.0969. The molecular formula is C73H58N2O8. The maximum absolute atomic E-state index is 12.7. The summed E-state index contributed by atoms with van der Waals surface area (Å²) in [7, 11) is 0. The van der Waals surface area contributed by atoms with E-state index in [0.29, 0.717) is 25.7 Å². The van der Waals surface area contributed by atoms with Crippen molar-refractivity contribution in [3.8, 4) is 22.3 Å². The lowest BCUT2D eigenvalue weighted by atomic mass is 9.70. The molecule has 83 heavy (non-hydrogen) atoms. The molecule has 10 aromatic carbocycles. The predicted molar refractivity (Wildman–Crippen MR) is 324 cm³/mol. The Kier molecular flexibility index (Phi) is 12.6. The summed E-state index contributed by atoms with van der Waals surface area (Å²) >= 11 is 0. The molecule has 4 aliphatic rings. The van der Waals surface area contributed by atoms with Crippen molar-refractivity contribution in [2.24, 2.45) is 0 Å². The Hall–Kier alpha value is -9.80. The van der Waals surface area contributed by atoms with Crippen LogP contribution in [0.15, 0.2) is 206 Å². The van der Waals surface area contributed by atoms with Crippen molar-refractivity contribution in [1.29, 1.82) is 0 Å². The minimum absolute atomic E-state index is 0.367. The number of nitrogens with zero attached hydrogens (tertiary/aromatic N) is 2. The summed E-state index contributed by atoms with van der Waals surface area (Å²) in [5.41, 5.74) is 17.0. The molecule has 4 atom stereocenters. The fourth-order valence-electron chi connectivity index (χ4n) is 14.0. The Morgan fingerprint density at radius 2 is 0.614 bits per heavy atom. The summed E-state index contributed by atoms with van der Waals surface area (Å²) in [4.78, 5) is 54.9. The van der Waals surface area contributed by atoms with Crippen molar-refractivity contribution in [1.82, 2.24) is 0 Å². The predicted octanol–water partition coefficient (Wildman–Crippen LogP) is 17.3. The van der Waals surface area contributed by atoms with Crippen molar-refractivity contribution in [3.63, 3.8) is 0 Å². The number of esters is 4. The van der Waals surface area contributed by atoms with Crippen LogP contribution in [-0.4, -0.2) is 23.9 Å². The lowest BCUT2D eigenvalue weighted by molar-refractivity contribution is -0.153. The second-order valence-electron chi connectivity index (χ2n) is 22.2. The van der Waals surface area contributed by atoms with Gasteiger partial charge in [0.05, 0.1) is 5.41 Å². The highest BCUT2D eigenvalue weighted by Gasteiger charge is 2.52. The van der Waals surface area contributed by atoms with E-state index in [1.807, 2.05) is 12.1 Å². The van der Waals surface area contributed by atoms with Gasteiger partial charge in [-0.3, -0.25) is 19.2 Å². The van der Waals surface area contributed by atoms with Crippen LogP contribution in [0, 0.1) is 0 Å². The van der Waals surface area contributed by atoms with Crippen LogP contribution >= 0.6 is 0 Å². The molecule has 0 amide bonds. The standard InChI is InChI=1S/C73H58N2O8/c1-43(76)80-69-33-35-71(82-45(3)78)63-39-53(27-31-61(63)69)74(51-23-21-47-13-5-7-15-49(47)37-51)55-25-29-59-60-30-26-56(42-68(60)73(67(59)41-55)65-19-11-9-17-57(65)58-18-10-12-20-66(58)73)75(52-24-22-48-14-6-8-16-50(48)38-52)54-28-32-62-64(40-54)72(83-46(4)79)36-34-70(62)81-44(2)77/h5-32,37-42,69-72H,33-36H2,1-4H3. The average molecular weight is 1090 g/mol. The molecule has 0 aromatic heterocycles. The number of carbonyl (C=O) groups excluding carboxylic acids is 4. The molecule has 0 radical (unpaired) electrons. The highest BCUT2D eigenvalue weighted by Crippen LogP contribution is 2.64. The highest BCUT2D eigenvalue weighted by molar-refractivity contribution is 5.99. The number of hydrogen-bond acceptors (Lipinski definition) is 10. The van der Waals surface area contributed by atoms with Crippen molar-refractivity contribution in [2.45, 2.75) is 83.2 Å². The van der Waals surface area contributed by atoms with Crippen LogP contribution < -0.4 is 9.80 Å². The monoisotopic (exact) mass is 1090 g/mol. The first-order valence-electron chi connectivity index (χ1n) is 28.4. The molecule has 14 rings (SSSR count).